The lowest BCUT2D eigenvalue weighted by Gasteiger charge is -2.47. The molecular formula is C27H31ClF2N6O2S. The van der Waals surface area contributed by atoms with Crippen molar-refractivity contribution >= 4 is 34.8 Å². The van der Waals surface area contributed by atoms with E-state index in [-0.39, 0.29) is 36.4 Å². The first kappa shape index (κ1) is 27.7. The highest BCUT2D eigenvalue weighted by atomic mass is 35.5. The van der Waals surface area contributed by atoms with E-state index >= 15 is 0 Å². The standard InChI is InChI=1S/C27H31ClF2N6O2S/c1-15(35-6-7-35)36-13-23(33-27(38)24-9-17(14-39-24)26-20(28)12-32-34(26)3)19(10-18(36)11-25(37)31-2)16-4-5-21(29)22(30)8-16/h4-5,8-9,12,14-15,18-19,23H,6-7,10-11,13H2,1-3H3,(H,31,37)(H,33,38)/t15?,18?,19-,23?/m0/s1. The van der Waals surface area contributed by atoms with E-state index in [1.54, 1.807) is 37.1 Å². The zero-order valence-electron chi connectivity index (χ0n) is 22.0. The largest absolute Gasteiger partial charge is 0.359 e. The minimum absolute atomic E-state index is 0.0743. The third-order valence-corrected chi connectivity index (χ3v) is 8.96. The number of nitrogens with zero attached hydrogens (tertiary/aromatic N) is 4. The van der Waals surface area contributed by atoms with Crippen molar-refractivity contribution in [2.24, 2.45) is 7.05 Å². The Balaban J connectivity index is 1.44. The van der Waals surface area contributed by atoms with Crippen LogP contribution in [0.4, 0.5) is 8.78 Å². The monoisotopic (exact) mass is 576 g/mol. The second-order valence-corrected chi connectivity index (χ2v) is 11.5. The van der Waals surface area contributed by atoms with Gasteiger partial charge in [0.1, 0.15) is 0 Å². The highest BCUT2D eigenvalue weighted by Gasteiger charge is 2.42. The van der Waals surface area contributed by atoms with Gasteiger partial charge in [-0.25, -0.2) is 8.78 Å². The number of amides is 2. The number of hydrogen-bond donors (Lipinski definition) is 2. The number of carbonyl (C=O) groups excluding carboxylic acids is 2. The molecule has 0 saturated carbocycles. The fourth-order valence-electron chi connectivity index (χ4n) is 5.52. The van der Waals surface area contributed by atoms with Gasteiger partial charge in [-0.2, -0.15) is 5.10 Å². The van der Waals surface area contributed by atoms with Crippen LogP contribution in [-0.2, 0) is 11.8 Å². The Morgan fingerprint density at radius 2 is 2.00 bits per heavy atom. The topological polar surface area (TPSA) is 82.3 Å². The minimum atomic E-state index is -0.934. The number of rotatable bonds is 8. The Kier molecular flexibility index (Phi) is 8.04. The van der Waals surface area contributed by atoms with Crippen LogP contribution in [0.15, 0.2) is 35.8 Å². The molecule has 39 heavy (non-hydrogen) atoms. The highest BCUT2D eigenvalue weighted by Crippen LogP contribution is 2.37. The number of piperidine rings is 1. The summed E-state index contributed by atoms with van der Waals surface area (Å²) in [6.07, 6.45) is 2.41. The molecule has 2 fully saturated rings. The van der Waals surface area contributed by atoms with Gasteiger partial charge in [-0.3, -0.25) is 24.1 Å². The summed E-state index contributed by atoms with van der Waals surface area (Å²) in [4.78, 5) is 31.0. The second kappa shape index (κ2) is 11.3. The predicted octanol–water partition coefficient (Wildman–Crippen LogP) is 3.83. The van der Waals surface area contributed by atoms with Crippen molar-refractivity contribution in [3.8, 4) is 11.3 Å². The van der Waals surface area contributed by atoms with E-state index in [0.29, 0.717) is 28.4 Å². The smallest absolute Gasteiger partial charge is 0.261 e. The number of hydrogen-bond acceptors (Lipinski definition) is 6. The zero-order chi connectivity index (χ0) is 27.8. The summed E-state index contributed by atoms with van der Waals surface area (Å²) in [6, 6.07) is 5.14. The first-order valence-corrected chi connectivity index (χ1v) is 14.1. The molecule has 3 aromatic rings. The molecule has 2 saturated heterocycles. The van der Waals surface area contributed by atoms with Gasteiger partial charge in [-0.1, -0.05) is 17.7 Å². The molecule has 2 aromatic heterocycles. The molecule has 0 aliphatic carbocycles. The average Bonchev–Trinajstić information content (AvgIpc) is 3.56. The molecular weight excluding hydrogens is 546 g/mol. The maximum atomic E-state index is 14.3. The predicted molar refractivity (Wildman–Crippen MR) is 147 cm³/mol. The number of aromatic nitrogens is 2. The van der Waals surface area contributed by atoms with Crippen molar-refractivity contribution in [1.82, 2.24) is 30.2 Å². The summed E-state index contributed by atoms with van der Waals surface area (Å²) < 4.78 is 29.8. The van der Waals surface area contributed by atoms with Crippen molar-refractivity contribution in [1.29, 1.82) is 0 Å². The van der Waals surface area contributed by atoms with Crippen LogP contribution in [0.2, 0.25) is 5.02 Å². The van der Waals surface area contributed by atoms with E-state index < -0.39 is 17.7 Å². The van der Waals surface area contributed by atoms with Crippen molar-refractivity contribution in [2.45, 2.75) is 43.9 Å². The first-order valence-electron chi connectivity index (χ1n) is 12.9. The van der Waals surface area contributed by atoms with Crippen molar-refractivity contribution in [3.05, 3.63) is 62.9 Å². The molecule has 2 amide bonds. The molecule has 1 aromatic carbocycles. The van der Waals surface area contributed by atoms with Crippen LogP contribution in [0.5, 0.6) is 0 Å². The van der Waals surface area contributed by atoms with Crippen molar-refractivity contribution < 1.29 is 18.4 Å². The van der Waals surface area contributed by atoms with Gasteiger partial charge in [0, 0.05) is 69.1 Å². The van der Waals surface area contributed by atoms with Gasteiger partial charge in [-0.05, 0) is 37.1 Å². The Morgan fingerprint density at radius 3 is 2.64 bits per heavy atom. The van der Waals surface area contributed by atoms with Gasteiger partial charge in [0.2, 0.25) is 5.91 Å². The fourth-order valence-corrected chi connectivity index (χ4v) is 6.59. The van der Waals surface area contributed by atoms with Crippen LogP contribution in [0.25, 0.3) is 11.3 Å². The van der Waals surface area contributed by atoms with E-state index in [1.807, 2.05) is 5.38 Å². The summed E-state index contributed by atoms with van der Waals surface area (Å²) >= 11 is 7.60. The van der Waals surface area contributed by atoms with Crippen LogP contribution < -0.4 is 10.6 Å². The summed E-state index contributed by atoms with van der Waals surface area (Å²) in [5, 5.41) is 12.4. The first-order chi connectivity index (χ1) is 18.7. The molecule has 208 valence electrons. The number of nitrogens with one attached hydrogen (secondary N) is 2. The summed E-state index contributed by atoms with van der Waals surface area (Å²) in [5.41, 5.74) is 2.10. The number of aryl methyl sites for hydroxylation is 1. The van der Waals surface area contributed by atoms with Gasteiger partial charge >= 0.3 is 0 Å². The van der Waals surface area contributed by atoms with E-state index in [9.17, 15) is 18.4 Å². The molecule has 2 aliphatic heterocycles. The van der Waals surface area contributed by atoms with Crippen LogP contribution in [0, 0.1) is 11.6 Å². The molecule has 4 atom stereocenters. The molecule has 0 radical (unpaired) electrons. The number of benzene rings is 1. The maximum Gasteiger partial charge on any atom is 0.261 e. The summed E-state index contributed by atoms with van der Waals surface area (Å²) in [7, 11) is 3.39. The van der Waals surface area contributed by atoms with Crippen LogP contribution in [-0.4, -0.2) is 76.3 Å². The molecule has 2 N–H and O–H groups in total. The lowest BCUT2D eigenvalue weighted by molar-refractivity contribution is -0.123. The lowest BCUT2D eigenvalue weighted by atomic mass is 9.80. The Bertz CT molecular complexity index is 1360. The third-order valence-electron chi connectivity index (χ3n) is 7.76. The zero-order valence-corrected chi connectivity index (χ0v) is 23.5. The minimum Gasteiger partial charge on any atom is -0.359 e. The molecule has 4 heterocycles. The maximum absolute atomic E-state index is 14.3. The number of halogens is 3. The van der Waals surface area contributed by atoms with Gasteiger partial charge in [0.25, 0.3) is 5.91 Å². The summed E-state index contributed by atoms with van der Waals surface area (Å²) in [5.74, 6) is -2.52. The summed E-state index contributed by atoms with van der Waals surface area (Å²) in [6.45, 7) is 4.51. The number of likely N-dealkylation sites (tertiary alicyclic amines) is 1. The quantitative estimate of drug-likeness (QED) is 0.398. The normalized spacial score (nSPS) is 22.5. The molecule has 5 rings (SSSR count). The van der Waals surface area contributed by atoms with Gasteiger partial charge in [0.15, 0.2) is 11.6 Å². The van der Waals surface area contributed by atoms with Gasteiger partial charge in [0.05, 0.1) is 28.0 Å². The second-order valence-electron chi connectivity index (χ2n) is 10.2. The average molecular weight is 577 g/mol. The number of carbonyl (C=O) groups is 2. The van der Waals surface area contributed by atoms with Gasteiger partial charge < -0.3 is 10.6 Å². The molecule has 0 bridgehead atoms. The van der Waals surface area contributed by atoms with E-state index in [1.165, 1.54) is 17.4 Å². The molecule has 3 unspecified atom stereocenters. The Hall–Kier alpha value is -2.86. The fraction of sp³-hybridized carbons (Fsp3) is 0.444. The molecule has 12 heteroatoms. The number of thiophene rings is 1. The molecule has 0 spiro atoms. The van der Waals surface area contributed by atoms with E-state index in [2.05, 4.69) is 32.5 Å². The Labute approximate surface area is 234 Å². The SMILES string of the molecule is CNC(=O)CC1C[C@@H](c2ccc(F)c(F)c2)C(NC(=O)c2cc(-c3c(Cl)cnn3C)cs2)CN1C(C)N1CC1. The van der Waals surface area contributed by atoms with Crippen molar-refractivity contribution in [3.63, 3.8) is 0 Å². The molecule has 2 aliphatic rings. The lowest BCUT2D eigenvalue weighted by Crippen LogP contribution is -2.59. The van der Waals surface area contributed by atoms with Crippen LogP contribution in [0.3, 0.4) is 0 Å². The molecule has 8 nitrogen and oxygen atoms in total. The van der Waals surface area contributed by atoms with E-state index in [0.717, 1.165) is 30.4 Å². The Morgan fingerprint density at radius 1 is 1.23 bits per heavy atom. The third kappa shape index (κ3) is 5.86. The highest BCUT2D eigenvalue weighted by molar-refractivity contribution is 7.12. The van der Waals surface area contributed by atoms with Crippen LogP contribution >= 0.6 is 22.9 Å². The van der Waals surface area contributed by atoms with E-state index in [4.69, 9.17) is 11.6 Å². The van der Waals surface area contributed by atoms with Gasteiger partial charge in [-0.15, -0.1) is 11.3 Å². The van der Waals surface area contributed by atoms with Crippen LogP contribution in [0.1, 0.15) is 40.9 Å². The van der Waals surface area contributed by atoms with Crippen molar-refractivity contribution in [2.75, 3.05) is 26.7 Å².